The second kappa shape index (κ2) is 10.7. The molecule has 0 amide bonds. The van der Waals surface area contributed by atoms with E-state index in [1.807, 2.05) is 30.3 Å². The van der Waals surface area contributed by atoms with Gasteiger partial charge in [-0.3, -0.25) is 4.18 Å². The Bertz CT molecular complexity index is 677. The molecule has 28 heavy (non-hydrogen) atoms. The van der Waals surface area contributed by atoms with Crippen molar-refractivity contribution in [2.24, 2.45) is 0 Å². The van der Waals surface area contributed by atoms with Crippen LogP contribution < -0.4 is 5.43 Å². The maximum atomic E-state index is 12.6. The third-order valence-electron chi connectivity index (χ3n) is 5.75. The van der Waals surface area contributed by atoms with Gasteiger partial charge < -0.3 is 4.74 Å². The standard InChI is InChI=1S/C21H34N2O4S/c1-26-17-19-11-8-15-23(19)22-21(18-9-4-2-5-10-18)14-16-28(24,25)27-20-12-6-3-7-13-20/h2,4-5,9-10,19-22H,3,6-8,11-17H2,1H3/t19-,21-/m0/s1. The SMILES string of the molecule is COC[C@@H]1CCCN1N[C@@H](CCS(=O)(=O)OC1CCCCC1)c1ccccc1. The first-order chi connectivity index (χ1) is 13.6. The minimum absolute atomic E-state index is 0.0266. The monoisotopic (exact) mass is 410 g/mol. The van der Waals surface area contributed by atoms with Gasteiger partial charge in [0.2, 0.25) is 0 Å². The molecule has 1 aliphatic heterocycles. The number of nitrogens with zero attached hydrogens (tertiary/aromatic N) is 1. The lowest BCUT2D eigenvalue weighted by Gasteiger charge is -2.30. The van der Waals surface area contributed by atoms with Gasteiger partial charge in [0.25, 0.3) is 10.1 Å². The molecule has 2 aliphatic rings. The van der Waals surface area contributed by atoms with Crippen LogP contribution in [0.4, 0.5) is 0 Å². The van der Waals surface area contributed by atoms with Crippen molar-refractivity contribution in [1.29, 1.82) is 0 Å². The van der Waals surface area contributed by atoms with Gasteiger partial charge in [-0.2, -0.15) is 8.42 Å². The zero-order valence-electron chi connectivity index (χ0n) is 16.9. The average molecular weight is 411 g/mol. The molecule has 2 fully saturated rings. The highest BCUT2D eigenvalue weighted by molar-refractivity contribution is 7.86. The molecule has 1 aromatic carbocycles. The van der Waals surface area contributed by atoms with Crippen LogP contribution in [-0.4, -0.2) is 51.6 Å². The molecule has 7 heteroatoms. The number of rotatable bonds is 10. The van der Waals surface area contributed by atoms with Crippen molar-refractivity contribution < 1.29 is 17.3 Å². The minimum atomic E-state index is -3.52. The number of ether oxygens (including phenoxy) is 1. The Morgan fingerprint density at radius 1 is 1.11 bits per heavy atom. The van der Waals surface area contributed by atoms with Crippen molar-refractivity contribution in [3.05, 3.63) is 35.9 Å². The number of hydrazine groups is 1. The molecule has 1 N–H and O–H groups in total. The van der Waals surface area contributed by atoms with E-state index in [1.165, 1.54) is 6.42 Å². The van der Waals surface area contributed by atoms with Crippen molar-refractivity contribution in [3.63, 3.8) is 0 Å². The summed E-state index contributed by atoms with van der Waals surface area (Å²) in [5.41, 5.74) is 4.67. The molecule has 6 nitrogen and oxygen atoms in total. The van der Waals surface area contributed by atoms with Crippen LogP contribution in [0.3, 0.4) is 0 Å². The van der Waals surface area contributed by atoms with Gasteiger partial charge in [0.1, 0.15) is 0 Å². The van der Waals surface area contributed by atoms with Gasteiger partial charge in [-0.15, -0.1) is 0 Å². The summed E-state index contributed by atoms with van der Waals surface area (Å²) in [6.07, 6.45) is 7.56. The Morgan fingerprint density at radius 2 is 1.86 bits per heavy atom. The molecule has 1 saturated carbocycles. The molecule has 0 unspecified atom stereocenters. The fraction of sp³-hybridized carbons (Fsp3) is 0.714. The van der Waals surface area contributed by atoms with Crippen molar-refractivity contribution in [3.8, 4) is 0 Å². The van der Waals surface area contributed by atoms with Crippen LogP contribution in [0.1, 0.15) is 63.0 Å². The normalized spacial score (nSPS) is 23.1. The van der Waals surface area contributed by atoms with Gasteiger partial charge >= 0.3 is 0 Å². The van der Waals surface area contributed by atoms with Crippen LogP contribution in [0.2, 0.25) is 0 Å². The predicted octanol–water partition coefficient (Wildman–Crippen LogP) is 3.41. The summed E-state index contributed by atoms with van der Waals surface area (Å²) < 4.78 is 36.0. The van der Waals surface area contributed by atoms with Crippen LogP contribution in [0.5, 0.6) is 0 Å². The Kier molecular flexibility index (Phi) is 8.29. The van der Waals surface area contributed by atoms with Gasteiger partial charge in [-0.05, 0) is 37.7 Å². The molecule has 158 valence electrons. The van der Waals surface area contributed by atoms with E-state index < -0.39 is 10.1 Å². The van der Waals surface area contributed by atoms with Gasteiger partial charge in [0.15, 0.2) is 0 Å². The largest absolute Gasteiger partial charge is 0.383 e. The first kappa shape index (κ1) is 21.7. The van der Waals surface area contributed by atoms with Gasteiger partial charge in [0.05, 0.1) is 18.5 Å². The van der Waals surface area contributed by atoms with Crippen molar-refractivity contribution in [2.75, 3.05) is 26.0 Å². The van der Waals surface area contributed by atoms with Gasteiger partial charge in [-0.25, -0.2) is 10.4 Å². The van der Waals surface area contributed by atoms with Crippen LogP contribution >= 0.6 is 0 Å². The van der Waals surface area contributed by atoms with Crippen LogP contribution in [-0.2, 0) is 19.0 Å². The average Bonchev–Trinajstić information content (AvgIpc) is 3.13. The maximum Gasteiger partial charge on any atom is 0.267 e. The molecule has 2 atom stereocenters. The van der Waals surface area contributed by atoms with E-state index in [4.69, 9.17) is 8.92 Å². The molecule has 1 heterocycles. The number of nitrogens with one attached hydrogen (secondary N) is 1. The lowest BCUT2D eigenvalue weighted by molar-refractivity contribution is 0.0699. The Hall–Kier alpha value is -0.990. The van der Waals surface area contributed by atoms with E-state index in [9.17, 15) is 8.42 Å². The fourth-order valence-electron chi connectivity index (χ4n) is 4.24. The van der Waals surface area contributed by atoms with E-state index in [0.29, 0.717) is 19.1 Å². The molecule has 0 aromatic heterocycles. The highest BCUT2D eigenvalue weighted by Gasteiger charge is 2.28. The second-order valence-corrected chi connectivity index (χ2v) is 9.66. The van der Waals surface area contributed by atoms with Crippen LogP contribution in [0, 0.1) is 0 Å². The number of hydrogen-bond acceptors (Lipinski definition) is 6. The Labute approximate surface area is 169 Å². The highest BCUT2D eigenvalue weighted by Crippen LogP contribution is 2.25. The van der Waals surface area contributed by atoms with E-state index in [1.54, 1.807) is 7.11 Å². The molecule has 1 saturated heterocycles. The first-order valence-corrected chi connectivity index (χ1v) is 12.1. The highest BCUT2D eigenvalue weighted by atomic mass is 32.2. The molecule has 0 radical (unpaired) electrons. The summed E-state index contributed by atoms with van der Waals surface area (Å²) in [7, 11) is -1.80. The molecule has 0 bridgehead atoms. The Morgan fingerprint density at radius 3 is 2.57 bits per heavy atom. The van der Waals surface area contributed by atoms with Crippen LogP contribution in [0.25, 0.3) is 0 Å². The molecule has 1 aliphatic carbocycles. The zero-order chi connectivity index (χ0) is 19.8. The third kappa shape index (κ3) is 6.52. The summed E-state index contributed by atoms with van der Waals surface area (Å²) in [4.78, 5) is 0. The smallest absolute Gasteiger partial charge is 0.267 e. The molecule has 0 spiro atoms. The van der Waals surface area contributed by atoms with E-state index in [-0.39, 0.29) is 17.9 Å². The Balaban J connectivity index is 1.62. The summed E-state index contributed by atoms with van der Waals surface area (Å²) in [6.45, 7) is 1.63. The third-order valence-corrected chi connectivity index (χ3v) is 7.05. The van der Waals surface area contributed by atoms with Crippen molar-refractivity contribution >= 4 is 10.1 Å². The lowest BCUT2D eigenvalue weighted by atomic mass is 9.98. The van der Waals surface area contributed by atoms with Crippen molar-refractivity contribution in [2.45, 2.75) is 69.6 Å². The molecular formula is C21H34N2O4S. The molecule has 3 rings (SSSR count). The number of hydrogen-bond donors (Lipinski definition) is 1. The van der Waals surface area contributed by atoms with E-state index in [0.717, 1.165) is 50.6 Å². The fourth-order valence-corrected chi connectivity index (χ4v) is 5.47. The van der Waals surface area contributed by atoms with E-state index >= 15 is 0 Å². The first-order valence-electron chi connectivity index (χ1n) is 10.5. The summed E-state index contributed by atoms with van der Waals surface area (Å²) >= 11 is 0. The predicted molar refractivity (Wildman–Crippen MR) is 110 cm³/mol. The lowest BCUT2D eigenvalue weighted by Crippen LogP contribution is -2.45. The second-order valence-electron chi connectivity index (χ2n) is 7.94. The molecule has 1 aromatic rings. The maximum absolute atomic E-state index is 12.6. The zero-order valence-corrected chi connectivity index (χ0v) is 17.7. The van der Waals surface area contributed by atoms with Crippen molar-refractivity contribution in [1.82, 2.24) is 10.4 Å². The summed E-state index contributed by atoms with van der Waals surface area (Å²) in [5.74, 6) is 0.0266. The number of benzene rings is 1. The quantitative estimate of drug-likeness (QED) is 0.596. The molecular weight excluding hydrogens is 376 g/mol. The van der Waals surface area contributed by atoms with E-state index in [2.05, 4.69) is 10.4 Å². The van der Waals surface area contributed by atoms with Gasteiger partial charge in [0, 0.05) is 25.7 Å². The van der Waals surface area contributed by atoms with Gasteiger partial charge in [-0.1, -0.05) is 49.6 Å². The summed E-state index contributed by atoms with van der Waals surface area (Å²) in [5, 5.41) is 2.22. The van der Waals surface area contributed by atoms with Crippen LogP contribution in [0.15, 0.2) is 30.3 Å². The topological polar surface area (TPSA) is 67.9 Å². The summed E-state index contributed by atoms with van der Waals surface area (Å²) in [6, 6.07) is 10.3. The number of methoxy groups -OCH3 is 1. The minimum Gasteiger partial charge on any atom is -0.383 e.